The van der Waals surface area contributed by atoms with Crippen LogP contribution in [0.2, 0.25) is 0 Å². The zero-order chi connectivity index (χ0) is 10.8. The lowest BCUT2D eigenvalue weighted by Gasteiger charge is -2.24. The minimum atomic E-state index is -0.156. The van der Waals surface area contributed by atoms with E-state index in [-0.39, 0.29) is 12.0 Å². The van der Waals surface area contributed by atoms with Crippen molar-refractivity contribution in [3.63, 3.8) is 0 Å². The van der Waals surface area contributed by atoms with Crippen LogP contribution in [-0.4, -0.2) is 22.6 Å². The largest absolute Gasteiger partial charge is 0.467 e. The van der Waals surface area contributed by atoms with Crippen molar-refractivity contribution in [3.05, 3.63) is 17.7 Å². The van der Waals surface area contributed by atoms with E-state index in [1.807, 2.05) is 6.20 Å². The summed E-state index contributed by atoms with van der Waals surface area (Å²) in [5.74, 6) is 0.837. The maximum Gasteiger partial charge on any atom is 0.328 e. The van der Waals surface area contributed by atoms with Crippen molar-refractivity contribution in [2.45, 2.75) is 38.6 Å². The van der Waals surface area contributed by atoms with Gasteiger partial charge in [0.1, 0.15) is 11.9 Å². The number of methoxy groups -OCH3 is 1. The molecule has 1 aromatic rings. The Kier molecular flexibility index (Phi) is 2.75. The number of carbonyl (C=O) groups excluding carboxylic acids is 1. The van der Waals surface area contributed by atoms with Crippen LogP contribution < -0.4 is 0 Å². The van der Waals surface area contributed by atoms with Gasteiger partial charge in [-0.2, -0.15) is 0 Å². The van der Waals surface area contributed by atoms with E-state index in [0.29, 0.717) is 0 Å². The molecule has 0 N–H and O–H groups in total. The van der Waals surface area contributed by atoms with Gasteiger partial charge < -0.3 is 9.30 Å². The number of rotatable bonds is 2. The quantitative estimate of drug-likeness (QED) is 0.692. The third-order valence-electron chi connectivity index (χ3n) is 2.96. The van der Waals surface area contributed by atoms with Gasteiger partial charge in [0.25, 0.3) is 0 Å². The van der Waals surface area contributed by atoms with Crippen molar-refractivity contribution in [3.8, 4) is 0 Å². The van der Waals surface area contributed by atoms with Crippen LogP contribution in [0, 0.1) is 0 Å². The second kappa shape index (κ2) is 4.04. The number of nitrogens with zero attached hydrogens (tertiary/aromatic N) is 2. The summed E-state index contributed by atoms with van der Waals surface area (Å²) in [4.78, 5) is 16.0. The molecule has 0 aromatic carbocycles. The summed E-state index contributed by atoms with van der Waals surface area (Å²) in [7, 11) is 1.44. The van der Waals surface area contributed by atoms with E-state index in [1.54, 1.807) is 0 Å². The van der Waals surface area contributed by atoms with Crippen LogP contribution in [0.1, 0.15) is 37.3 Å². The Morgan fingerprint density at radius 1 is 1.73 bits per heavy atom. The Bertz CT molecular complexity index is 357. The minimum absolute atomic E-state index is 0.149. The van der Waals surface area contributed by atoms with Crippen LogP contribution >= 0.6 is 0 Å². The van der Waals surface area contributed by atoms with Crippen LogP contribution in [0.15, 0.2) is 6.20 Å². The van der Waals surface area contributed by atoms with E-state index in [1.165, 1.54) is 7.11 Å². The van der Waals surface area contributed by atoms with Gasteiger partial charge in [-0.1, -0.05) is 6.92 Å². The van der Waals surface area contributed by atoms with E-state index in [0.717, 1.165) is 37.2 Å². The molecule has 82 valence electrons. The average Bonchev–Trinajstić information content (AvgIpc) is 2.70. The number of esters is 1. The SMILES string of the molecule is CCc1ncc2n1C(C(=O)OC)CCC2. The highest BCUT2D eigenvalue weighted by Crippen LogP contribution is 2.27. The number of hydrogen-bond acceptors (Lipinski definition) is 3. The minimum Gasteiger partial charge on any atom is -0.467 e. The van der Waals surface area contributed by atoms with Gasteiger partial charge in [-0.15, -0.1) is 0 Å². The number of ether oxygens (including phenoxy) is 1. The topological polar surface area (TPSA) is 44.1 Å². The third kappa shape index (κ3) is 1.64. The monoisotopic (exact) mass is 208 g/mol. The van der Waals surface area contributed by atoms with Gasteiger partial charge in [-0.25, -0.2) is 9.78 Å². The van der Waals surface area contributed by atoms with E-state index in [9.17, 15) is 4.79 Å². The lowest BCUT2D eigenvalue weighted by Crippen LogP contribution is -2.27. The second-order valence-electron chi connectivity index (χ2n) is 3.82. The zero-order valence-corrected chi connectivity index (χ0v) is 9.19. The first-order chi connectivity index (χ1) is 7.27. The van der Waals surface area contributed by atoms with Crippen LogP contribution in [-0.2, 0) is 22.4 Å². The molecule has 0 saturated heterocycles. The Labute approximate surface area is 89.3 Å². The van der Waals surface area contributed by atoms with Gasteiger partial charge in [0.05, 0.1) is 7.11 Å². The average molecular weight is 208 g/mol. The van der Waals surface area contributed by atoms with Crippen molar-refractivity contribution in [1.82, 2.24) is 9.55 Å². The zero-order valence-electron chi connectivity index (χ0n) is 9.19. The van der Waals surface area contributed by atoms with Crippen molar-refractivity contribution >= 4 is 5.97 Å². The van der Waals surface area contributed by atoms with Crippen molar-refractivity contribution in [2.24, 2.45) is 0 Å². The standard InChI is InChI=1S/C11H16N2O2/c1-3-10-12-7-8-5-4-6-9(13(8)10)11(14)15-2/h7,9H,3-6H2,1-2H3. The van der Waals surface area contributed by atoms with Crippen LogP contribution in [0.4, 0.5) is 0 Å². The first-order valence-electron chi connectivity index (χ1n) is 5.40. The van der Waals surface area contributed by atoms with Gasteiger partial charge in [-0.3, -0.25) is 0 Å². The van der Waals surface area contributed by atoms with Gasteiger partial charge in [0, 0.05) is 18.3 Å². The predicted molar refractivity (Wildman–Crippen MR) is 55.6 cm³/mol. The molecule has 0 amide bonds. The van der Waals surface area contributed by atoms with E-state index in [2.05, 4.69) is 16.5 Å². The predicted octanol–water partition coefficient (Wildman–Crippen LogP) is 1.50. The van der Waals surface area contributed by atoms with E-state index in [4.69, 9.17) is 4.74 Å². The molecular formula is C11H16N2O2. The first kappa shape index (κ1) is 10.2. The molecule has 2 rings (SSSR count). The third-order valence-corrected chi connectivity index (χ3v) is 2.96. The molecule has 0 fully saturated rings. The molecular weight excluding hydrogens is 192 g/mol. The van der Waals surface area contributed by atoms with Crippen LogP contribution in [0.3, 0.4) is 0 Å². The summed E-state index contributed by atoms with van der Waals surface area (Å²) in [6, 6.07) is -0.156. The molecule has 4 nitrogen and oxygen atoms in total. The van der Waals surface area contributed by atoms with E-state index < -0.39 is 0 Å². The van der Waals surface area contributed by atoms with Crippen LogP contribution in [0.5, 0.6) is 0 Å². The molecule has 1 aromatic heterocycles. The van der Waals surface area contributed by atoms with Crippen molar-refractivity contribution in [1.29, 1.82) is 0 Å². The molecule has 1 aliphatic rings. The Morgan fingerprint density at radius 3 is 3.20 bits per heavy atom. The number of aryl methyl sites for hydroxylation is 2. The van der Waals surface area contributed by atoms with Crippen molar-refractivity contribution < 1.29 is 9.53 Å². The molecule has 4 heteroatoms. The van der Waals surface area contributed by atoms with E-state index >= 15 is 0 Å². The molecule has 0 bridgehead atoms. The summed E-state index contributed by atoms with van der Waals surface area (Å²) in [6.07, 6.45) is 5.65. The molecule has 0 radical (unpaired) electrons. The molecule has 0 saturated carbocycles. The summed E-state index contributed by atoms with van der Waals surface area (Å²) in [5, 5.41) is 0. The normalized spacial score (nSPS) is 19.7. The maximum absolute atomic E-state index is 11.6. The molecule has 1 unspecified atom stereocenters. The highest BCUT2D eigenvalue weighted by Gasteiger charge is 2.28. The Balaban J connectivity index is 2.39. The summed E-state index contributed by atoms with van der Waals surface area (Å²) < 4.78 is 6.88. The van der Waals surface area contributed by atoms with Gasteiger partial charge in [0.2, 0.25) is 0 Å². The molecule has 0 aliphatic carbocycles. The lowest BCUT2D eigenvalue weighted by molar-refractivity contribution is -0.145. The highest BCUT2D eigenvalue weighted by atomic mass is 16.5. The van der Waals surface area contributed by atoms with Gasteiger partial charge >= 0.3 is 5.97 Å². The van der Waals surface area contributed by atoms with Crippen molar-refractivity contribution in [2.75, 3.05) is 7.11 Å². The summed E-state index contributed by atoms with van der Waals surface area (Å²) in [6.45, 7) is 2.05. The second-order valence-corrected chi connectivity index (χ2v) is 3.82. The maximum atomic E-state index is 11.6. The Hall–Kier alpha value is -1.32. The fourth-order valence-electron chi connectivity index (χ4n) is 2.23. The molecule has 2 heterocycles. The fraction of sp³-hybridized carbons (Fsp3) is 0.636. The summed E-state index contributed by atoms with van der Waals surface area (Å²) in [5.41, 5.74) is 1.16. The smallest absolute Gasteiger partial charge is 0.328 e. The number of hydrogen-bond donors (Lipinski definition) is 0. The number of fused-ring (bicyclic) bond motifs is 1. The fourth-order valence-corrected chi connectivity index (χ4v) is 2.23. The summed E-state index contributed by atoms with van der Waals surface area (Å²) >= 11 is 0. The molecule has 0 spiro atoms. The molecule has 1 aliphatic heterocycles. The van der Waals surface area contributed by atoms with Gasteiger partial charge in [0.15, 0.2) is 0 Å². The van der Waals surface area contributed by atoms with Crippen LogP contribution in [0.25, 0.3) is 0 Å². The first-order valence-corrected chi connectivity index (χ1v) is 5.40. The Morgan fingerprint density at radius 2 is 2.53 bits per heavy atom. The van der Waals surface area contributed by atoms with Gasteiger partial charge in [-0.05, 0) is 19.3 Å². The number of aromatic nitrogens is 2. The lowest BCUT2D eigenvalue weighted by atomic mass is 10.0. The number of carbonyl (C=O) groups is 1. The molecule has 1 atom stereocenters. The molecule has 15 heavy (non-hydrogen) atoms. The number of imidazole rings is 1. The highest BCUT2D eigenvalue weighted by molar-refractivity contribution is 5.74.